The van der Waals surface area contributed by atoms with Gasteiger partial charge in [-0.15, -0.1) is 0 Å². The maximum Gasteiger partial charge on any atom is 0.189 e. The molecular formula is C14H13BrN2O2. The number of aryl methyl sites for hydroxylation is 1. The molecule has 1 heterocycles. The minimum atomic E-state index is -0.0878. The van der Waals surface area contributed by atoms with E-state index in [1.807, 2.05) is 18.2 Å². The van der Waals surface area contributed by atoms with Crippen LogP contribution in [0.5, 0.6) is 5.75 Å². The molecule has 0 radical (unpaired) electrons. The van der Waals surface area contributed by atoms with E-state index in [9.17, 15) is 4.79 Å². The Labute approximate surface area is 119 Å². The number of nitrogens with zero attached hydrogens (tertiary/aromatic N) is 2. The Hall–Kier alpha value is -1.88. The molecular weight excluding hydrogens is 308 g/mol. The number of halogens is 1. The van der Waals surface area contributed by atoms with Crippen LogP contribution in [0.3, 0.4) is 0 Å². The minimum Gasteiger partial charge on any atom is -0.496 e. The molecule has 0 spiro atoms. The maximum absolute atomic E-state index is 11.9. The summed E-state index contributed by atoms with van der Waals surface area (Å²) in [6, 6.07) is 5.63. The summed E-state index contributed by atoms with van der Waals surface area (Å²) < 4.78 is 7.77. The number of methoxy groups -OCH3 is 1. The van der Waals surface area contributed by atoms with E-state index in [2.05, 4.69) is 21.0 Å². The molecule has 98 valence electrons. The number of carbonyl (C=O) groups excluding carboxylic acids is 1. The molecule has 1 aromatic carbocycles. The van der Waals surface area contributed by atoms with Crippen LogP contribution in [0.25, 0.3) is 6.08 Å². The molecule has 0 aliphatic rings. The fourth-order valence-corrected chi connectivity index (χ4v) is 2.02. The van der Waals surface area contributed by atoms with E-state index in [1.165, 1.54) is 6.08 Å². The number of hydrogen-bond donors (Lipinski definition) is 0. The molecule has 0 atom stereocenters. The molecule has 0 saturated carbocycles. The third-order valence-corrected chi connectivity index (χ3v) is 3.09. The van der Waals surface area contributed by atoms with Gasteiger partial charge in [0.2, 0.25) is 0 Å². The summed E-state index contributed by atoms with van der Waals surface area (Å²) in [6.07, 6.45) is 6.48. The topological polar surface area (TPSA) is 44.1 Å². The Kier molecular flexibility index (Phi) is 4.16. The molecule has 4 nitrogen and oxygen atoms in total. The smallest absolute Gasteiger partial charge is 0.189 e. The van der Waals surface area contributed by atoms with Gasteiger partial charge < -0.3 is 4.74 Å². The molecule has 5 heteroatoms. The van der Waals surface area contributed by atoms with Crippen LogP contribution in [0.4, 0.5) is 0 Å². The van der Waals surface area contributed by atoms with Crippen molar-refractivity contribution < 1.29 is 9.53 Å². The average Bonchev–Trinajstić information content (AvgIpc) is 2.83. The van der Waals surface area contributed by atoms with Crippen molar-refractivity contribution in [3.8, 4) is 5.75 Å². The van der Waals surface area contributed by atoms with Gasteiger partial charge in [-0.05, 0) is 30.4 Å². The Bertz CT molecular complexity index is 632. The highest BCUT2D eigenvalue weighted by molar-refractivity contribution is 9.10. The zero-order valence-corrected chi connectivity index (χ0v) is 12.2. The summed E-state index contributed by atoms with van der Waals surface area (Å²) in [6.45, 7) is 0. The van der Waals surface area contributed by atoms with Crippen molar-refractivity contribution in [1.29, 1.82) is 0 Å². The number of rotatable bonds is 4. The van der Waals surface area contributed by atoms with Crippen molar-refractivity contribution in [3.05, 3.63) is 52.3 Å². The zero-order valence-electron chi connectivity index (χ0n) is 10.6. The molecule has 2 rings (SSSR count). The predicted octanol–water partition coefficient (Wildman–Crippen LogP) is 3.09. The van der Waals surface area contributed by atoms with Gasteiger partial charge in [0, 0.05) is 23.3 Å². The lowest BCUT2D eigenvalue weighted by Gasteiger charge is -2.04. The predicted molar refractivity (Wildman–Crippen MR) is 77.3 cm³/mol. The van der Waals surface area contributed by atoms with Crippen LogP contribution < -0.4 is 4.74 Å². The van der Waals surface area contributed by atoms with Crippen LogP contribution in [-0.4, -0.2) is 22.7 Å². The average molecular weight is 321 g/mol. The molecule has 0 aliphatic heterocycles. The van der Waals surface area contributed by atoms with Gasteiger partial charge in [0.05, 0.1) is 18.9 Å². The van der Waals surface area contributed by atoms with Gasteiger partial charge in [-0.25, -0.2) is 0 Å². The highest BCUT2D eigenvalue weighted by Gasteiger charge is 2.05. The Balaban J connectivity index is 2.23. The molecule has 0 saturated heterocycles. The van der Waals surface area contributed by atoms with E-state index in [0.717, 1.165) is 15.8 Å². The number of ketones is 1. The van der Waals surface area contributed by atoms with Gasteiger partial charge >= 0.3 is 0 Å². The summed E-state index contributed by atoms with van der Waals surface area (Å²) in [4.78, 5) is 11.9. The van der Waals surface area contributed by atoms with Crippen LogP contribution in [-0.2, 0) is 7.05 Å². The molecule has 0 fully saturated rings. The molecule has 0 amide bonds. The van der Waals surface area contributed by atoms with E-state index in [4.69, 9.17) is 4.74 Å². The van der Waals surface area contributed by atoms with E-state index in [0.29, 0.717) is 5.56 Å². The van der Waals surface area contributed by atoms with Gasteiger partial charge in [-0.3, -0.25) is 9.48 Å². The van der Waals surface area contributed by atoms with Crippen molar-refractivity contribution in [2.75, 3.05) is 7.11 Å². The number of carbonyl (C=O) groups is 1. The van der Waals surface area contributed by atoms with Gasteiger partial charge in [0.1, 0.15) is 5.75 Å². The van der Waals surface area contributed by atoms with Crippen molar-refractivity contribution >= 4 is 27.8 Å². The first-order valence-electron chi connectivity index (χ1n) is 5.65. The first-order chi connectivity index (χ1) is 9.10. The molecule has 0 bridgehead atoms. The van der Waals surface area contributed by atoms with E-state index in [1.54, 1.807) is 37.3 Å². The fraction of sp³-hybridized carbons (Fsp3) is 0.143. The zero-order chi connectivity index (χ0) is 13.8. The molecule has 1 aromatic heterocycles. The highest BCUT2D eigenvalue weighted by atomic mass is 79.9. The Morgan fingerprint density at radius 2 is 2.26 bits per heavy atom. The van der Waals surface area contributed by atoms with Crippen LogP contribution in [0, 0.1) is 0 Å². The molecule has 0 unspecified atom stereocenters. The van der Waals surface area contributed by atoms with Crippen molar-refractivity contribution in [3.63, 3.8) is 0 Å². The van der Waals surface area contributed by atoms with Crippen LogP contribution in [0.2, 0.25) is 0 Å². The summed E-state index contributed by atoms with van der Waals surface area (Å²) in [5.41, 5.74) is 1.40. The minimum absolute atomic E-state index is 0.0878. The standard InChI is InChI=1S/C14H13BrN2O2/c1-17-9-11(8-16-17)13(18)5-3-10-7-12(15)4-6-14(10)19-2/h3-9H,1-2H3/b5-3+. The number of hydrogen-bond acceptors (Lipinski definition) is 3. The van der Waals surface area contributed by atoms with Crippen molar-refractivity contribution in [2.45, 2.75) is 0 Å². The number of aromatic nitrogens is 2. The quantitative estimate of drug-likeness (QED) is 0.642. The largest absolute Gasteiger partial charge is 0.496 e. The monoisotopic (exact) mass is 320 g/mol. The summed E-state index contributed by atoms with van der Waals surface area (Å²) >= 11 is 3.39. The summed E-state index contributed by atoms with van der Waals surface area (Å²) in [5.74, 6) is 0.633. The second-order valence-electron chi connectivity index (χ2n) is 3.99. The van der Waals surface area contributed by atoms with Crippen LogP contribution in [0.15, 0.2) is 41.1 Å². The third-order valence-electron chi connectivity index (χ3n) is 2.60. The normalized spacial score (nSPS) is 10.9. The van der Waals surface area contributed by atoms with Gasteiger partial charge in [0.25, 0.3) is 0 Å². The first kappa shape index (κ1) is 13.5. The van der Waals surface area contributed by atoms with Gasteiger partial charge in [-0.2, -0.15) is 5.10 Å². The van der Waals surface area contributed by atoms with E-state index < -0.39 is 0 Å². The van der Waals surface area contributed by atoms with E-state index >= 15 is 0 Å². The number of benzene rings is 1. The van der Waals surface area contributed by atoms with Crippen molar-refractivity contribution in [2.24, 2.45) is 7.05 Å². The first-order valence-corrected chi connectivity index (χ1v) is 6.44. The van der Waals surface area contributed by atoms with Crippen molar-refractivity contribution in [1.82, 2.24) is 9.78 Å². The van der Waals surface area contributed by atoms with Gasteiger partial charge in [0.15, 0.2) is 5.78 Å². The number of allylic oxidation sites excluding steroid dienone is 1. The lowest BCUT2D eigenvalue weighted by Crippen LogP contribution is -1.92. The number of ether oxygens (including phenoxy) is 1. The van der Waals surface area contributed by atoms with Gasteiger partial charge in [-0.1, -0.05) is 15.9 Å². The summed E-state index contributed by atoms with van der Waals surface area (Å²) in [7, 11) is 3.38. The van der Waals surface area contributed by atoms with E-state index in [-0.39, 0.29) is 5.78 Å². The highest BCUT2D eigenvalue weighted by Crippen LogP contribution is 2.24. The fourth-order valence-electron chi connectivity index (χ4n) is 1.65. The molecule has 0 aliphatic carbocycles. The SMILES string of the molecule is COc1ccc(Br)cc1/C=C/C(=O)c1cnn(C)c1. The second kappa shape index (κ2) is 5.84. The third kappa shape index (κ3) is 3.32. The van der Waals surface area contributed by atoms with Crippen LogP contribution >= 0.6 is 15.9 Å². The molecule has 0 N–H and O–H groups in total. The Morgan fingerprint density at radius 1 is 1.47 bits per heavy atom. The lowest BCUT2D eigenvalue weighted by molar-refractivity contribution is 0.104. The summed E-state index contributed by atoms with van der Waals surface area (Å²) in [5, 5.41) is 3.97. The Morgan fingerprint density at radius 3 is 2.89 bits per heavy atom. The maximum atomic E-state index is 11.9. The second-order valence-corrected chi connectivity index (χ2v) is 4.90. The molecule has 2 aromatic rings. The van der Waals surface area contributed by atoms with Crippen LogP contribution in [0.1, 0.15) is 15.9 Å². The molecule has 19 heavy (non-hydrogen) atoms. The lowest BCUT2D eigenvalue weighted by atomic mass is 10.1.